The summed E-state index contributed by atoms with van der Waals surface area (Å²) in [5.41, 5.74) is 0. The first-order valence-corrected chi connectivity index (χ1v) is 15.7. The van der Waals surface area contributed by atoms with Crippen molar-refractivity contribution in [2.24, 2.45) is 23.7 Å². The predicted molar refractivity (Wildman–Crippen MR) is 159 cm³/mol. The summed E-state index contributed by atoms with van der Waals surface area (Å²) in [5, 5.41) is 41.3. The van der Waals surface area contributed by atoms with E-state index in [1.165, 1.54) is 0 Å². The Morgan fingerprint density at radius 2 is 0.548 bits per heavy atom. The molecule has 42 heavy (non-hydrogen) atoms. The van der Waals surface area contributed by atoms with E-state index in [-0.39, 0.29) is 54.5 Å². The number of carboxylic acids is 4. The summed E-state index contributed by atoms with van der Waals surface area (Å²) in [5.74, 6) is -4.46. The maximum atomic E-state index is 10.3. The van der Waals surface area contributed by atoms with Crippen LogP contribution in [0.2, 0.25) is 0 Å². The van der Waals surface area contributed by atoms with E-state index in [9.17, 15) is 39.6 Å². The number of carbonyl (C=O) groups is 4. The fourth-order valence-corrected chi connectivity index (χ4v) is 3.76. The number of rotatable bonds is 20. The van der Waals surface area contributed by atoms with Crippen LogP contribution in [0.5, 0.6) is 0 Å². The van der Waals surface area contributed by atoms with E-state index in [0.29, 0.717) is 25.7 Å². The molecular formula is C32H60AgBO8. The second kappa shape index (κ2) is 39.7. The minimum atomic E-state index is -0.893. The molecular weight excluding hydrogens is 631 g/mol. The first kappa shape index (κ1) is 53.3. The Hall–Kier alpha value is -1.31. The molecule has 0 rings (SSSR count). The molecule has 8 nitrogen and oxygen atoms in total. The van der Waals surface area contributed by atoms with Crippen molar-refractivity contribution in [1.29, 1.82) is 0 Å². The molecule has 0 bridgehead atoms. The molecule has 4 unspecified atom stereocenters. The number of hydrogen-bond acceptors (Lipinski definition) is 8. The molecule has 0 fully saturated rings. The fraction of sp³-hybridized carbons (Fsp3) is 0.875. The maximum absolute atomic E-state index is 10.3. The minimum Gasteiger partial charge on any atom is -0.550 e. The van der Waals surface area contributed by atoms with Gasteiger partial charge in [0.2, 0.25) is 0 Å². The third-order valence-electron chi connectivity index (χ3n) is 6.93. The van der Waals surface area contributed by atoms with Crippen molar-refractivity contribution >= 4 is 32.3 Å². The van der Waals surface area contributed by atoms with E-state index in [2.05, 4.69) is 27.7 Å². The Bertz CT molecular complexity index is 515. The van der Waals surface area contributed by atoms with Gasteiger partial charge in [0.15, 0.2) is 0 Å². The Morgan fingerprint density at radius 1 is 0.405 bits per heavy atom. The topological polar surface area (TPSA) is 161 Å². The normalized spacial score (nSPS) is 12.4. The van der Waals surface area contributed by atoms with Crippen molar-refractivity contribution in [1.82, 2.24) is 0 Å². The summed E-state index contributed by atoms with van der Waals surface area (Å²) < 4.78 is 0. The van der Waals surface area contributed by atoms with Crippen LogP contribution in [0.25, 0.3) is 0 Å². The van der Waals surface area contributed by atoms with Crippen molar-refractivity contribution in [3.05, 3.63) is 0 Å². The molecule has 0 radical (unpaired) electrons. The minimum absolute atomic E-state index is 0. The van der Waals surface area contributed by atoms with E-state index >= 15 is 0 Å². The van der Waals surface area contributed by atoms with Gasteiger partial charge in [0, 0.05) is 23.9 Å². The Morgan fingerprint density at radius 3 is 0.619 bits per heavy atom. The average Bonchev–Trinajstić information content (AvgIpc) is 2.91. The van der Waals surface area contributed by atoms with Crippen molar-refractivity contribution in [3.63, 3.8) is 0 Å². The standard InChI is InChI=1S/4C8H16O2.Ag.B/c4*1-3-5-6-7(4-2)8(9)10;;/h4*7H,3-6H2,1-2H3,(H,9,10);;/q;;;;+1;+3/p-4. The average molecular weight is 692 g/mol. The van der Waals surface area contributed by atoms with Gasteiger partial charge in [-0.15, -0.1) is 0 Å². The van der Waals surface area contributed by atoms with Gasteiger partial charge in [0.1, 0.15) is 0 Å². The van der Waals surface area contributed by atoms with Crippen LogP contribution in [0.15, 0.2) is 0 Å². The van der Waals surface area contributed by atoms with Crippen LogP contribution in [0.3, 0.4) is 0 Å². The summed E-state index contributed by atoms with van der Waals surface area (Å²) >= 11 is 0. The molecule has 0 amide bonds. The smallest absolute Gasteiger partial charge is 0.550 e. The van der Waals surface area contributed by atoms with E-state index in [0.717, 1.165) is 77.0 Å². The zero-order chi connectivity index (χ0) is 31.9. The van der Waals surface area contributed by atoms with Gasteiger partial charge in [-0.1, -0.05) is 107 Å². The fourth-order valence-electron chi connectivity index (χ4n) is 3.76. The SMILES string of the molecule is CCCCC(CC)C(=O)[O-].CCCCC(CC)C(=O)[O-].CCCCC(CC)C(=O)[O-].CCCCC(CC)C(=O)[O-].[Ag+].[B+3]. The quantitative estimate of drug-likeness (QED) is 0.176. The van der Waals surface area contributed by atoms with Gasteiger partial charge in [-0.05, 0) is 75.0 Å². The van der Waals surface area contributed by atoms with Gasteiger partial charge in [0.05, 0.1) is 0 Å². The van der Waals surface area contributed by atoms with E-state index in [1.807, 2.05) is 27.7 Å². The molecule has 0 aromatic rings. The Balaban J connectivity index is -0.000000101. The number of unbranched alkanes of at least 4 members (excludes halogenated alkanes) is 4. The molecule has 0 aliphatic rings. The van der Waals surface area contributed by atoms with Crippen LogP contribution in [0, 0.1) is 23.7 Å². The van der Waals surface area contributed by atoms with E-state index in [1.54, 1.807) is 0 Å². The van der Waals surface area contributed by atoms with Gasteiger partial charge in [-0.25, -0.2) is 0 Å². The number of carboxylic acid groups (broad SMARTS) is 4. The van der Waals surface area contributed by atoms with Crippen LogP contribution in [0.4, 0.5) is 0 Å². The summed E-state index contributed by atoms with van der Waals surface area (Å²) in [6, 6.07) is 0. The van der Waals surface area contributed by atoms with Crippen LogP contribution < -0.4 is 20.4 Å². The molecule has 4 atom stereocenters. The molecule has 0 saturated carbocycles. The first-order chi connectivity index (χ1) is 18.9. The van der Waals surface area contributed by atoms with Crippen LogP contribution in [-0.4, -0.2) is 32.3 Å². The third kappa shape index (κ3) is 36.7. The van der Waals surface area contributed by atoms with Gasteiger partial charge in [-0.2, -0.15) is 0 Å². The summed E-state index contributed by atoms with van der Waals surface area (Å²) in [4.78, 5) is 41.3. The molecule has 0 aliphatic heterocycles. The van der Waals surface area contributed by atoms with Crippen LogP contribution in [0.1, 0.15) is 158 Å². The number of carbonyl (C=O) groups excluding carboxylic acids is 4. The molecule has 0 aromatic heterocycles. The summed E-state index contributed by atoms with van der Waals surface area (Å²) in [7, 11) is 0. The van der Waals surface area contributed by atoms with Crippen LogP contribution >= 0.6 is 0 Å². The molecule has 0 aliphatic carbocycles. The van der Waals surface area contributed by atoms with Gasteiger partial charge in [0.25, 0.3) is 0 Å². The van der Waals surface area contributed by atoms with Crippen molar-refractivity contribution < 1.29 is 62.0 Å². The molecule has 0 aromatic carbocycles. The Labute approximate surface area is 275 Å². The summed E-state index contributed by atoms with van der Waals surface area (Å²) in [6.07, 6.45) is 14.1. The van der Waals surface area contributed by atoms with Gasteiger partial charge in [-0.3, -0.25) is 0 Å². The van der Waals surface area contributed by atoms with Gasteiger partial charge >= 0.3 is 30.8 Å². The monoisotopic (exact) mass is 690 g/mol. The zero-order valence-electron chi connectivity index (χ0n) is 27.8. The molecule has 0 spiro atoms. The predicted octanol–water partition coefficient (Wildman–Crippen LogP) is 3.43. The number of aliphatic carboxylic acids is 4. The van der Waals surface area contributed by atoms with Crippen LogP contribution in [-0.2, 0) is 41.6 Å². The van der Waals surface area contributed by atoms with Gasteiger partial charge < -0.3 is 39.6 Å². The first-order valence-electron chi connectivity index (χ1n) is 15.7. The third-order valence-corrected chi connectivity index (χ3v) is 6.93. The molecule has 250 valence electrons. The molecule has 0 saturated heterocycles. The zero-order valence-corrected chi connectivity index (χ0v) is 29.3. The molecule has 0 heterocycles. The largest absolute Gasteiger partial charge is 3.00 e. The maximum Gasteiger partial charge on any atom is 3.00 e. The van der Waals surface area contributed by atoms with Crippen molar-refractivity contribution in [3.8, 4) is 0 Å². The summed E-state index contributed by atoms with van der Waals surface area (Å²) in [6.45, 7) is 15.8. The second-order valence-electron chi connectivity index (χ2n) is 10.3. The van der Waals surface area contributed by atoms with Crippen molar-refractivity contribution in [2.45, 2.75) is 158 Å². The second-order valence-corrected chi connectivity index (χ2v) is 10.3. The Kier molecular flexibility index (Phi) is 50.3. The van der Waals surface area contributed by atoms with Crippen molar-refractivity contribution in [2.75, 3.05) is 0 Å². The molecule has 10 heteroatoms. The van der Waals surface area contributed by atoms with E-state index in [4.69, 9.17) is 0 Å². The van der Waals surface area contributed by atoms with E-state index < -0.39 is 23.9 Å². The number of hydrogen-bond donors (Lipinski definition) is 0. The molecule has 0 N–H and O–H groups in total.